The van der Waals surface area contributed by atoms with Crippen LogP contribution in [-0.2, 0) is 4.79 Å². The molecule has 1 N–H and O–H groups in total. The Labute approximate surface area is 186 Å². The van der Waals surface area contributed by atoms with Gasteiger partial charge >= 0.3 is 0 Å². The minimum atomic E-state index is -0.572. The summed E-state index contributed by atoms with van der Waals surface area (Å²) in [5.41, 5.74) is -0.156. The van der Waals surface area contributed by atoms with Crippen molar-refractivity contribution in [2.45, 2.75) is 57.9 Å². The second-order valence-electron chi connectivity index (χ2n) is 8.77. The van der Waals surface area contributed by atoms with Crippen molar-refractivity contribution in [3.63, 3.8) is 0 Å². The van der Waals surface area contributed by atoms with Gasteiger partial charge in [-0.1, -0.05) is 31.4 Å². The van der Waals surface area contributed by atoms with Gasteiger partial charge in [0.15, 0.2) is 5.69 Å². The summed E-state index contributed by atoms with van der Waals surface area (Å²) >= 11 is 0. The van der Waals surface area contributed by atoms with Crippen LogP contribution in [0.4, 0.5) is 4.39 Å². The zero-order valence-electron chi connectivity index (χ0n) is 18.3. The van der Waals surface area contributed by atoms with Gasteiger partial charge in [0.2, 0.25) is 11.3 Å². The Morgan fingerprint density at radius 3 is 2.44 bits per heavy atom. The smallest absolute Gasteiger partial charge is 0.276 e. The van der Waals surface area contributed by atoms with Crippen molar-refractivity contribution in [2.24, 2.45) is 5.92 Å². The number of aromatic nitrogens is 2. The van der Waals surface area contributed by atoms with E-state index in [1.807, 2.05) is 4.90 Å². The summed E-state index contributed by atoms with van der Waals surface area (Å²) in [7, 11) is 0. The second-order valence-corrected chi connectivity index (χ2v) is 8.77. The number of carbonyl (C=O) groups excluding carboxylic acids is 2. The fourth-order valence-corrected chi connectivity index (χ4v) is 4.68. The summed E-state index contributed by atoms with van der Waals surface area (Å²) in [4.78, 5) is 39.9. The molecule has 1 aromatic carbocycles. The number of hydrogen-bond donors (Lipinski definition) is 1. The van der Waals surface area contributed by atoms with Crippen LogP contribution in [0.2, 0.25) is 0 Å². The third-order valence-corrected chi connectivity index (χ3v) is 6.50. The number of hydrogen-bond acceptors (Lipinski definition) is 4. The fourth-order valence-electron chi connectivity index (χ4n) is 4.68. The van der Waals surface area contributed by atoms with Crippen molar-refractivity contribution in [1.82, 2.24) is 20.0 Å². The monoisotopic (exact) mass is 440 g/mol. The highest BCUT2D eigenvalue weighted by atomic mass is 19.1. The highest BCUT2D eigenvalue weighted by Crippen LogP contribution is 2.26. The van der Waals surface area contributed by atoms with Gasteiger partial charge in [0.05, 0.1) is 0 Å². The van der Waals surface area contributed by atoms with E-state index in [-0.39, 0.29) is 29.2 Å². The second kappa shape index (κ2) is 9.63. The summed E-state index contributed by atoms with van der Waals surface area (Å²) in [6.07, 6.45) is 6.68. The first-order valence-electron chi connectivity index (χ1n) is 11.4. The van der Waals surface area contributed by atoms with Gasteiger partial charge in [0, 0.05) is 36.8 Å². The molecule has 0 spiro atoms. The average molecular weight is 441 g/mol. The summed E-state index contributed by atoms with van der Waals surface area (Å²) in [6.45, 7) is 2.84. The fraction of sp³-hybridized carbons (Fsp3) is 0.500. The SMILES string of the molecule is Cc1cc(=O)c(C(=O)NC2CCN(C(=O)C3CCCCC3)CC2)nn1-c1ccccc1F. The molecule has 1 saturated carbocycles. The lowest BCUT2D eigenvalue weighted by atomic mass is 9.87. The zero-order chi connectivity index (χ0) is 22.7. The molecular formula is C24H29FN4O3. The summed E-state index contributed by atoms with van der Waals surface area (Å²) in [5.74, 6) is -0.684. The van der Waals surface area contributed by atoms with E-state index in [0.717, 1.165) is 25.7 Å². The van der Waals surface area contributed by atoms with Gasteiger partial charge in [-0.15, -0.1) is 0 Å². The van der Waals surface area contributed by atoms with Crippen LogP contribution < -0.4 is 10.7 Å². The summed E-state index contributed by atoms with van der Waals surface area (Å²) < 4.78 is 15.5. The lowest BCUT2D eigenvalue weighted by Crippen LogP contribution is -2.49. The van der Waals surface area contributed by atoms with E-state index in [1.54, 1.807) is 25.1 Å². The number of nitrogens with one attached hydrogen (secondary N) is 1. The Bertz CT molecular complexity index is 1050. The predicted molar refractivity (Wildman–Crippen MR) is 118 cm³/mol. The molecule has 170 valence electrons. The van der Waals surface area contributed by atoms with Crippen molar-refractivity contribution in [3.8, 4) is 5.69 Å². The van der Waals surface area contributed by atoms with Crippen molar-refractivity contribution in [1.29, 1.82) is 0 Å². The van der Waals surface area contributed by atoms with E-state index < -0.39 is 17.2 Å². The van der Waals surface area contributed by atoms with Gasteiger partial charge in [-0.25, -0.2) is 9.07 Å². The molecule has 2 fully saturated rings. The number of amides is 2. The van der Waals surface area contributed by atoms with Crippen LogP contribution in [0.25, 0.3) is 5.69 Å². The topological polar surface area (TPSA) is 84.3 Å². The molecule has 8 heteroatoms. The van der Waals surface area contributed by atoms with E-state index >= 15 is 0 Å². The Kier molecular flexibility index (Phi) is 6.67. The molecular weight excluding hydrogens is 411 g/mol. The summed E-state index contributed by atoms with van der Waals surface area (Å²) in [6, 6.07) is 7.23. The lowest BCUT2D eigenvalue weighted by Gasteiger charge is -2.35. The van der Waals surface area contributed by atoms with E-state index in [2.05, 4.69) is 10.4 Å². The molecule has 0 radical (unpaired) electrons. The van der Waals surface area contributed by atoms with Crippen LogP contribution in [0.15, 0.2) is 35.1 Å². The molecule has 4 rings (SSSR count). The third-order valence-electron chi connectivity index (χ3n) is 6.50. The first-order chi connectivity index (χ1) is 15.4. The minimum absolute atomic E-state index is 0.137. The van der Waals surface area contributed by atoms with Crippen LogP contribution in [0, 0.1) is 18.7 Å². The molecule has 1 aliphatic carbocycles. The van der Waals surface area contributed by atoms with Gasteiger partial charge < -0.3 is 10.2 Å². The molecule has 1 aromatic heterocycles. The van der Waals surface area contributed by atoms with Gasteiger partial charge in [-0.3, -0.25) is 14.4 Å². The third kappa shape index (κ3) is 4.74. The number of halogens is 1. The highest BCUT2D eigenvalue weighted by Gasteiger charge is 2.30. The van der Waals surface area contributed by atoms with Gasteiger partial charge in [-0.05, 0) is 44.7 Å². The number of aryl methyl sites for hydroxylation is 1. The Morgan fingerprint density at radius 2 is 1.75 bits per heavy atom. The highest BCUT2D eigenvalue weighted by molar-refractivity contribution is 5.92. The van der Waals surface area contributed by atoms with Crippen molar-refractivity contribution in [3.05, 3.63) is 57.8 Å². The van der Waals surface area contributed by atoms with E-state index in [9.17, 15) is 18.8 Å². The van der Waals surface area contributed by atoms with E-state index in [1.165, 1.54) is 23.2 Å². The number of para-hydroxylation sites is 1. The average Bonchev–Trinajstić information content (AvgIpc) is 2.80. The molecule has 32 heavy (non-hydrogen) atoms. The maximum absolute atomic E-state index is 14.2. The van der Waals surface area contributed by atoms with Crippen molar-refractivity contribution >= 4 is 11.8 Å². The van der Waals surface area contributed by atoms with Crippen LogP contribution >= 0.6 is 0 Å². The number of benzene rings is 1. The maximum atomic E-state index is 14.2. The van der Waals surface area contributed by atoms with Crippen LogP contribution in [-0.4, -0.2) is 45.6 Å². The van der Waals surface area contributed by atoms with Crippen molar-refractivity contribution < 1.29 is 14.0 Å². The quantitative estimate of drug-likeness (QED) is 0.792. The number of rotatable bonds is 4. The first-order valence-corrected chi connectivity index (χ1v) is 11.4. The van der Waals surface area contributed by atoms with E-state index in [4.69, 9.17) is 0 Å². The Hall–Kier alpha value is -3.03. The summed E-state index contributed by atoms with van der Waals surface area (Å²) in [5, 5.41) is 7.04. The lowest BCUT2D eigenvalue weighted by molar-refractivity contribution is -0.137. The van der Waals surface area contributed by atoms with E-state index in [0.29, 0.717) is 31.6 Å². The Morgan fingerprint density at radius 1 is 1.06 bits per heavy atom. The molecule has 2 amide bonds. The predicted octanol–water partition coefficient (Wildman–Crippen LogP) is 2.98. The van der Waals surface area contributed by atoms with Gasteiger partial charge in [-0.2, -0.15) is 5.10 Å². The molecule has 7 nitrogen and oxygen atoms in total. The molecule has 0 bridgehead atoms. The largest absolute Gasteiger partial charge is 0.348 e. The normalized spacial score (nSPS) is 17.9. The number of piperidine rings is 1. The maximum Gasteiger partial charge on any atom is 0.276 e. The standard InChI is InChI=1S/C24H29FN4O3/c1-16-15-21(30)22(27-29(16)20-10-6-5-9-19(20)25)23(31)26-18-11-13-28(14-12-18)24(32)17-7-3-2-4-8-17/h5-6,9-10,15,17-18H,2-4,7-8,11-14H2,1H3,(H,26,31). The van der Waals surface area contributed by atoms with Gasteiger partial charge in [0.25, 0.3) is 5.91 Å². The number of likely N-dealkylation sites (tertiary alicyclic amines) is 1. The molecule has 1 aliphatic heterocycles. The Balaban J connectivity index is 1.41. The minimum Gasteiger partial charge on any atom is -0.348 e. The van der Waals surface area contributed by atoms with Crippen LogP contribution in [0.1, 0.15) is 61.1 Å². The number of nitrogens with zero attached hydrogens (tertiary/aromatic N) is 3. The molecule has 0 unspecified atom stereocenters. The molecule has 2 heterocycles. The molecule has 2 aliphatic rings. The van der Waals surface area contributed by atoms with Gasteiger partial charge in [0.1, 0.15) is 11.5 Å². The number of carbonyl (C=O) groups is 2. The molecule has 1 saturated heterocycles. The van der Waals surface area contributed by atoms with Crippen molar-refractivity contribution in [2.75, 3.05) is 13.1 Å². The first kappa shape index (κ1) is 22.2. The molecule has 2 aromatic rings. The molecule has 0 atom stereocenters. The van der Waals surface area contributed by atoms with Crippen LogP contribution in [0.5, 0.6) is 0 Å². The van der Waals surface area contributed by atoms with Crippen LogP contribution in [0.3, 0.4) is 0 Å². The zero-order valence-corrected chi connectivity index (χ0v) is 18.3.